The quantitative estimate of drug-likeness (QED) is 0.571. The van der Waals surface area contributed by atoms with Crippen molar-refractivity contribution in [1.82, 2.24) is 20.4 Å². The van der Waals surface area contributed by atoms with Crippen LogP contribution < -0.4 is 5.32 Å². The van der Waals surface area contributed by atoms with Gasteiger partial charge in [-0.1, -0.05) is 35.0 Å². The van der Waals surface area contributed by atoms with Gasteiger partial charge in [-0.15, -0.1) is 11.3 Å². The molecule has 1 saturated heterocycles. The van der Waals surface area contributed by atoms with Crippen LogP contribution in [0.1, 0.15) is 43.1 Å². The summed E-state index contributed by atoms with van der Waals surface area (Å²) in [5, 5.41) is 9.52. The number of aromatic nitrogens is 2. The van der Waals surface area contributed by atoms with E-state index in [1.807, 2.05) is 40.6 Å². The van der Waals surface area contributed by atoms with Gasteiger partial charge in [0, 0.05) is 43.4 Å². The van der Waals surface area contributed by atoms with Crippen LogP contribution in [0, 0.1) is 0 Å². The van der Waals surface area contributed by atoms with E-state index in [1.54, 1.807) is 17.4 Å². The zero-order valence-electron chi connectivity index (χ0n) is 16.9. The van der Waals surface area contributed by atoms with Crippen molar-refractivity contribution in [1.29, 1.82) is 0 Å². The number of hydrogen-bond acceptors (Lipinski definition) is 6. The fourth-order valence-corrected chi connectivity index (χ4v) is 4.46. The highest BCUT2D eigenvalue weighted by Gasteiger charge is 2.27. The second kappa shape index (κ2) is 10.1. The van der Waals surface area contributed by atoms with E-state index >= 15 is 0 Å². The highest BCUT2D eigenvalue weighted by atomic mass is 35.5. The average Bonchev–Trinajstić information content (AvgIpc) is 3.48. The first-order valence-electron chi connectivity index (χ1n) is 10.2. The number of hydrogen-bond donors (Lipinski definition) is 1. The van der Waals surface area contributed by atoms with Crippen molar-refractivity contribution in [3.63, 3.8) is 0 Å². The first-order valence-corrected chi connectivity index (χ1v) is 11.5. The highest BCUT2D eigenvalue weighted by molar-refractivity contribution is 7.13. The van der Waals surface area contributed by atoms with Crippen molar-refractivity contribution in [2.45, 2.75) is 38.1 Å². The molecule has 2 amide bonds. The van der Waals surface area contributed by atoms with E-state index in [-0.39, 0.29) is 30.6 Å². The Morgan fingerprint density at radius 2 is 2.03 bits per heavy atom. The van der Waals surface area contributed by atoms with Gasteiger partial charge < -0.3 is 14.7 Å². The predicted molar refractivity (Wildman–Crippen MR) is 119 cm³/mol. The van der Waals surface area contributed by atoms with Gasteiger partial charge in [0.25, 0.3) is 0 Å². The maximum atomic E-state index is 12.5. The normalized spacial score (nSPS) is 14.5. The molecule has 0 radical (unpaired) electrons. The Balaban J connectivity index is 1.19. The van der Waals surface area contributed by atoms with Crippen molar-refractivity contribution in [2.24, 2.45) is 0 Å². The fourth-order valence-electron chi connectivity index (χ4n) is 3.60. The lowest BCUT2D eigenvalue weighted by atomic mass is 9.96. The summed E-state index contributed by atoms with van der Waals surface area (Å²) in [5.41, 5.74) is 0.928. The van der Waals surface area contributed by atoms with Crippen LogP contribution in [0.25, 0.3) is 10.7 Å². The third kappa shape index (κ3) is 5.71. The molecule has 2 aromatic heterocycles. The largest absolute Gasteiger partial charge is 0.352 e. The van der Waals surface area contributed by atoms with Crippen molar-refractivity contribution in [3.05, 3.63) is 58.3 Å². The number of nitrogens with zero attached hydrogens (tertiary/aromatic N) is 3. The number of benzene rings is 1. The lowest BCUT2D eigenvalue weighted by Crippen LogP contribution is -2.38. The Labute approximate surface area is 189 Å². The predicted octanol–water partition coefficient (Wildman–Crippen LogP) is 4.25. The highest BCUT2D eigenvalue weighted by Crippen LogP contribution is 2.30. The van der Waals surface area contributed by atoms with Gasteiger partial charge in [-0.3, -0.25) is 9.59 Å². The first kappa shape index (κ1) is 21.5. The molecule has 7 nitrogen and oxygen atoms in total. The number of carbonyl (C=O) groups excluding carboxylic acids is 2. The van der Waals surface area contributed by atoms with E-state index in [0.29, 0.717) is 36.4 Å². The maximum Gasteiger partial charge on any atom is 0.230 e. The number of rotatable bonds is 7. The third-order valence-electron chi connectivity index (χ3n) is 5.32. The molecule has 0 spiro atoms. The van der Waals surface area contributed by atoms with Crippen LogP contribution in [-0.4, -0.2) is 39.9 Å². The average molecular weight is 459 g/mol. The summed E-state index contributed by atoms with van der Waals surface area (Å²) in [6, 6.07) is 11.3. The fraction of sp³-hybridized carbons (Fsp3) is 0.364. The van der Waals surface area contributed by atoms with E-state index in [0.717, 1.165) is 23.3 Å². The van der Waals surface area contributed by atoms with E-state index < -0.39 is 0 Å². The van der Waals surface area contributed by atoms with Crippen molar-refractivity contribution in [2.75, 3.05) is 13.1 Å². The summed E-state index contributed by atoms with van der Waals surface area (Å²) < 4.78 is 5.45. The molecule has 1 aromatic carbocycles. The van der Waals surface area contributed by atoms with Gasteiger partial charge in [0.1, 0.15) is 0 Å². The second-order valence-corrected chi connectivity index (χ2v) is 8.88. The molecule has 1 aliphatic rings. The Bertz CT molecular complexity index is 1030. The summed E-state index contributed by atoms with van der Waals surface area (Å²) >= 11 is 7.52. The van der Waals surface area contributed by atoms with Gasteiger partial charge in [-0.2, -0.15) is 4.98 Å². The molecule has 1 fully saturated rings. The molecule has 3 aromatic rings. The Kier molecular flexibility index (Phi) is 6.99. The Morgan fingerprint density at radius 3 is 2.77 bits per heavy atom. The van der Waals surface area contributed by atoms with E-state index in [4.69, 9.17) is 16.1 Å². The number of piperidine rings is 1. The SMILES string of the molecule is O=C(CCC(=O)N1CCC(c2nc(-c3cccs3)no2)CC1)NCc1cccc(Cl)c1. The molecule has 162 valence electrons. The third-order valence-corrected chi connectivity index (χ3v) is 6.43. The number of halogens is 1. The molecule has 4 rings (SSSR count). The van der Waals surface area contributed by atoms with Crippen molar-refractivity contribution < 1.29 is 14.1 Å². The zero-order valence-corrected chi connectivity index (χ0v) is 18.5. The van der Waals surface area contributed by atoms with Gasteiger partial charge in [-0.25, -0.2) is 0 Å². The van der Waals surface area contributed by atoms with Crippen molar-refractivity contribution in [3.8, 4) is 10.7 Å². The van der Waals surface area contributed by atoms with Crippen LogP contribution in [0.15, 0.2) is 46.3 Å². The molecular weight excluding hydrogens is 436 g/mol. The molecule has 3 heterocycles. The van der Waals surface area contributed by atoms with Crippen LogP contribution in [-0.2, 0) is 16.1 Å². The van der Waals surface area contributed by atoms with Gasteiger partial charge >= 0.3 is 0 Å². The molecule has 31 heavy (non-hydrogen) atoms. The molecule has 1 N–H and O–H groups in total. The number of amides is 2. The first-order chi connectivity index (χ1) is 15.1. The molecule has 0 atom stereocenters. The van der Waals surface area contributed by atoms with Gasteiger partial charge in [-0.05, 0) is 42.0 Å². The number of nitrogens with one attached hydrogen (secondary N) is 1. The standard InChI is InChI=1S/C22H23ClN4O3S/c23-17-4-1-3-15(13-17)14-24-19(28)6-7-20(29)27-10-8-16(9-11-27)22-25-21(26-30-22)18-5-2-12-31-18/h1-5,12-13,16H,6-11,14H2,(H,24,28). The summed E-state index contributed by atoms with van der Waals surface area (Å²) in [7, 11) is 0. The van der Waals surface area contributed by atoms with Gasteiger partial charge in [0.15, 0.2) is 0 Å². The van der Waals surface area contributed by atoms with Crippen LogP contribution in [0.5, 0.6) is 0 Å². The van der Waals surface area contributed by atoms with Gasteiger partial charge in [0.2, 0.25) is 23.5 Å². The number of carbonyl (C=O) groups is 2. The monoisotopic (exact) mass is 458 g/mol. The van der Waals surface area contributed by atoms with Crippen LogP contribution in [0.4, 0.5) is 0 Å². The molecular formula is C22H23ClN4O3S. The minimum Gasteiger partial charge on any atom is -0.352 e. The van der Waals surface area contributed by atoms with Gasteiger partial charge in [0.05, 0.1) is 4.88 Å². The van der Waals surface area contributed by atoms with Crippen molar-refractivity contribution >= 4 is 34.8 Å². The lowest BCUT2D eigenvalue weighted by molar-refractivity contribution is -0.134. The lowest BCUT2D eigenvalue weighted by Gasteiger charge is -2.30. The summed E-state index contributed by atoms with van der Waals surface area (Å²) in [6.45, 7) is 1.66. The van der Waals surface area contributed by atoms with Crippen LogP contribution in [0.3, 0.4) is 0 Å². The van der Waals surface area contributed by atoms with E-state index in [2.05, 4.69) is 15.5 Å². The topological polar surface area (TPSA) is 88.3 Å². The Morgan fingerprint density at radius 1 is 1.19 bits per heavy atom. The minimum absolute atomic E-state index is 0.00107. The molecule has 1 aliphatic heterocycles. The number of thiophene rings is 1. The molecule has 0 unspecified atom stereocenters. The summed E-state index contributed by atoms with van der Waals surface area (Å²) in [6.07, 6.45) is 1.93. The molecule has 9 heteroatoms. The van der Waals surface area contributed by atoms with Crippen LogP contribution in [0.2, 0.25) is 5.02 Å². The smallest absolute Gasteiger partial charge is 0.230 e. The maximum absolute atomic E-state index is 12.5. The van der Waals surface area contributed by atoms with E-state index in [1.165, 1.54) is 0 Å². The van der Waals surface area contributed by atoms with Crippen LogP contribution >= 0.6 is 22.9 Å². The van der Waals surface area contributed by atoms with E-state index in [9.17, 15) is 9.59 Å². The molecule has 0 saturated carbocycles. The minimum atomic E-state index is -0.143. The zero-order chi connectivity index (χ0) is 21.6. The number of likely N-dealkylation sites (tertiary alicyclic amines) is 1. The Hall–Kier alpha value is -2.71. The summed E-state index contributed by atoms with van der Waals surface area (Å²) in [4.78, 5) is 31.9. The summed E-state index contributed by atoms with van der Waals surface area (Å²) in [5.74, 6) is 1.27. The second-order valence-electron chi connectivity index (χ2n) is 7.50. The molecule has 0 bridgehead atoms. The molecule has 0 aliphatic carbocycles.